The van der Waals surface area contributed by atoms with Gasteiger partial charge in [0.1, 0.15) is 0 Å². The van der Waals surface area contributed by atoms with E-state index >= 15 is 0 Å². The zero-order chi connectivity index (χ0) is 13.2. The molecule has 1 aromatic rings. The molecule has 0 aliphatic carbocycles. The van der Waals surface area contributed by atoms with Gasteiger partial charge in [0.15, 0.2) is 0 Å². The van der Waals surface area contributed by atoms with Crippen molar-refractivity contribution < 1.29 is 19.1 Å². The fourth-order valence-electron chi connectivity index (χ4n) is 1.33. The van der Waals surface area contributed by atoms with Gasteiger partial charge in [-0.25, -0.2) is 9.59 Å². The third-order valence-corrected chi connectivity index (χ3v) is 2.36. The second-order valence-corrected chi connectivity index (χ2v) is 3.86. The van der Waals surface area contributed by atoms with Crippen molar-refractivity contribution >= 4 is 11.9 Å². The molecule has 98 valence electrons. The number of ether oxygens (including phenoxy) is 2. The van der Waals surface area contributed by atoms with Gasteiger partial charge in [0, 0.05) is 6.42 Å². The number of esters is 2. The van der Waals surface area contributed by atoms with Crippen LogP contribution in [-0.4, -0.2) is 25.2 Å². The van der Waals surface area contributed by atoms with Gasteiger partial charge in [-0.3, -0.25) is 0 Å². The highest BCUT2D eigenvalue weighted by atomic mass is 16.6. The molecular weight excluding hydrogens is 232 g/mol. The summed E-state index contributed by atoms with van der Waals surface area (Å²) in [6.07, 6.45) is 2.26. The highest BCUT2D eigenvalue weighted by Gasteiger charge is 2.16. The van der Waals surface area contributed by atoms with Crippen LogP contribution in [0.1, 0.15) is 25.3 Å². The van der Waals surface area contributed by atoms with Crippen LogP contribution in [0.3, 0.4) is 0 Å². The van der Waals surface area contributed by atoms with Crippen LogP contribution < -0.4 is 0 Å². The zero-order valence-corrected chi connectivity index (χ0v) is 10.6. The molecule has 0 amide bonds. The quantitative estimate of drug-likeness (QED) is 0.441. The third kappa shape index (κ3) is 5.48. The Morgan fingerprint density at radius 3 is 2.22 bits per heavy atom. The number of benzene rings is 1. The molecule has 0 saturated heterocycles. The summed E-state index contributed by atoms with van der Waals surface area (Å²) in [4.78, 5) is 22.4. The van der Waals surface area contributed by atoms with Crippen molar-refractivity contribution in [3.63, 3.8) is 0 Å². The first kappa shape index (κ1) is 14.2. The Balaban J connectivity index is 2.18. The fourth-order valence-corrected chi connectivity index (χ4v) is 1.33. The molecule has 4 nitrogen and oxygen atoms in total. The fraction of sp³-hybridized carbons (Fsp3) is 0.429. The number of rotatable bonds is 6. The second kappa shape index (κ2) is 8.28. The Hall–Kier alpha value is -1.84. The minimum atomic E-state index is -0.915. The summed E-state index contributed by atoms with van der Waals surface area (Å²) in [7, 11) is 0. The molecule has 0 spiro atoms. The van der Waals surface area contributed by atoms with Crippen LogP contribution in [0.15, 0.2) is 30.3 Å². The summed E-state index contributed by atoms with van der Waals surface area (Å²) in [6.45, 7) is 2.43. The Morgan fingerprint density at radius 2 is 1.61 bits per heavy atom. The molecule has 0 saturated carbocycles. The lowest BCUT2D eigenvalue weighted by Gasteiger charge is -2.05. The molecule has 1 rings (SSSR count). The summed E-state index contributed by atoms with van der Waals surface area (Å²) in [5, 5.41) is 0. The lowest BCUT2D eigenvalue weighted by Crippen LogP contribution is -2.21. The average Bonchev–Trinajstić information content (AvgIpc) is 2.40. The molecule has 1 aromatic carbocycles. The zero-order valence-electron chi connectivity index (χ0n) is 10.6. The molecule has 18 heavy (non-hydrogen) atoms. The number of unbranched alkanes of at least 4 members (excludes halogenated alkanes) is 1. The maximum Gasteiger partial charge on any atom is 0.417 e. The monoisotopic (exact) mass is 250 g/mol. The van der Waals surface area contributed by atoms with Gasteiger partial charge >= 0.3 is 11.9 Å². The van der Waals surface area contributed by atoms with E-state index in [0.29, 0.717) is 6.42 Å². The van der Waals surface area contributed by atoms with Crippen molar-refractivity contribution in [1.82, 2.24) is 0 Å². The van der Waals surface area contributed by atoms with Gasteiger partial charge in [-0.15, -0.1) is 0 Å². The standard InChI is InChI=1S/C14H18O4/c1-2-3-10-17-13(15)14(16)18-11-9-12-7-5-4-6-8-12/h4-8H,2-3,9-11H2,1H3. The maximum atomic E-state index is 11.2. The summed E-state index contributed by atoms with van der Waals surface area (Å²) in [5.74, 6) is -1.82. The molecule has 0 heterocycles. The van der Waals surface area contributed by atoms with Crippen LogP contribution in [0.25, 0.3) is 0 Å². The van der Waals surface area contributed by atoms with Crippen molar-refractivity contribution in [2.45, 2.75) is 26.2 Å². The first-order chi connectivity index (χ1) is 8.74. The number of carbonyl (C=O) groups excluding carboxylic acids is 2. The van der Waals surface area contributed by atoms with E-state index in [0.717, 1.165) is 18.4 Å². The Labute approximate surface area is 107 Å². The largest absolute Gasteiger partial charge is 0.457 e. The minimum absolute atomic E-state index is 0.186. The van der Waals surface area contributed by atoms with Crippen molar-refractivity contribution in [2.75, 3.05) is 13.2 Å². The molecule has 0 unspecified atom stereocenters. The summed E-state index contributed by atoms with van der Waals surface area (Å²) in [5.41, 5.74) is 1.06. The van der Waals surface area contributed by atoms with Gasteiger partial charge in [0.2, 0.25) is 0 Å². The molecule has 4 heteroatoms. The molecular formula is C14H18O4. The van der Waals surface area contributed by atoms with Gasteiger partial charge in [-0.05, 0) is 12.0 Å². The molecule has 0 aliphatic heterocycles. The summed E-state index contributed by atoms with van der Waals surface area (Å²) in [6, 6.07) is 9.62. The van der Waals surface area contributed by atoms with Crippen LogP contribution in [0.5, 0.6) is 0 Å². The first-order valence-corrected chi connectivity index (χ1v) is 6.12. The molecule has 0 fully saturated rings. The van der Waals surface area contributed by atoms with Gasteiger partial charge in [0.25, 0.3) is 0 Å². The van der Waals surface area contributed by atoms with E-state index in [1.165, 1.54) is 0 Å². The van der Waals surface area contributed by atoms with E-state index in [-0.39, 0.29) is 13.2 Å². The van der Waals surface area contributed by atoms with Crippen molar-refractivity contribution in [3.05, 3.63) is 35.9 Å². The van der Waals surface area contributed by atoms with Gasteiger partial charge in [0.05, 0.1) is 13.2 Å². The molecule has 0 aromatic heterocycles. The molecule has 0 radical (unpaired) electrons. The first-order valence-electron chi connectivity index (χ1n) is 6.12. The SMILES string of the molecule is CCCCOC(=O)C(=O)OCCc1ccccc1. The van der Waals surface area contributed by atoms with E-state index in [1.54, 1.807) is 0 Å². The topological polar surface area (TPSA) is 52.6 Å². The van der Waals surface area contributed by atoms with Gasteiger partial charge in [-0.1, -0.05) is 43.7 Å². The highest BCUT2D eigenvalue weighted by Crippen LogP contribution is 2.00. The van der Waals surface area contributed by atoms with Crippen LogP contribution in [0, 0.1) is 0 Å². The number of hydrogen-bond donors (Lipinski definition) is 0. The Kier molecular flexibility index (Phi) is 6.54. The van der Waals surface area contributed by atoms with E-state index in [9.17, 15) is 9.59 Å². The van der Waals surface area contributed by atoms with Gasteiger partial charge in [-0.2, -0.15) is 0 Å². The lowest BCUT2D eigenvalue weighted by atomic mass is 10.2. The highest BCUT2D eigenvalue weighted by molar-refractivity contribution is 6.29. The predicted octanol–water partition coefficient (Wildman–Crippen LogP) is 2.12. The van der Waals surface area contributed by atoms with Crippen molar-refractivity contribution in [2.24, 2.45) is 0 Å². The van der Waals surface area contributed by atoms with E-state index in [2.05, 4.69) is 0 Å². The molecule has 0 atom stereocenters. The van der Waals surface area contributed by atoms with Crippen LogP contribution in [-0.2, 0) is 25.5 Å². The van der Waals surface area contributed by atoms with E-state index in [1.807, 2.05) is 37.3 Å². The smallest absolute Gasteiger partial charge is 0.417 e. The summed E-state index contributed by atoms with van der Waals surface area (Å²) < 4.78 is 9.56. The van der Waals surface area contributed by atoms with Crippen LogP contribution in [0.4, 0.5) is 0 Å². The summed E-state index contributed by atoms with van der Waals surface area (Å²) >= 11 is 0. The van der Waals surface area contributed by atoms with Crippen molar-refractivity contribution in [3.8, 4) is 0 Å². The molecule has 0 aliphatic rings. The van der Waals surface area contributed by atoms with E-state index < -0.39 is 11.9 Å². The van der Waals surface area contributed by atoms with Crippen LogP contribution in [0.2, 0.25) is 0 Å². The minimum Gasteiger partial charge on any atom is -0.457 e. The maximum absolute atomic E-state index is 11.2. The number of hydrogen-bond acceptors (Lipinski definition) is 4. The number of carbonyl (C=O) groups is 2. The third-order valence-electron chi connectivity index (χ3n) is 2.36. The predicted molar refractivity (Wildman–Crippen MR) is 67.0 cm³/mol. The van der Waals surface area contributed by atoms with Crippen LogP contribution >= 0.6 is 0 Å². The van der Waals surface area contributed by atoms with Crippen molar-refractivity contribution in [1.29, 1.82) is 0 Å². The molecule has 0 N–H and O–H groups in total. The Bertz CT molecular complexity index is 373. The second-order valence-electron chi connectivity index (χ2n) is 3.86. The average molecular weight is 250 g/mol. The normalized spacial score (nSPS) is 9.83. The van der Waals surface area contributed by atoms with E-state index in [4.69, 9.17) is 9.47 Å². The lowest BCUT2D eigenvalue weighted by molar-refractivity contribution is -0.167. The van der Waals surface area contributed by atoms with Gasteiger partial charge < -0.3 is 9.47 Å². The Morgan fingerprint density at radius 1 is 1.00 bits per heavy atom. The molecule has 0 bridgehead atoms.